The summed E-state index contributed by atoms with van der Waals surface area (Å²) in [5, 5.41) is 5.18. The maximum Gasteiger partial charge on any atom is 0.0447 e. The van der Waals surface area contributed by atoms with Gasteiger partial charge in [-0.15, -0.1) is 0 Å². The molecule has 0 aliphatic rings. The Kier molecular flexibility index (Phi) is 3.93. The molecule has 4 aromatic rings. The molecule has 0 fully saturated rings. The van der Waals surface area contributed by atoms with Crippen LogP contribution in [-0.4, -0.2) is 14.1 Å². The van der Waals surface area contributed by atoms with Crippen molar-refractivity contribution in [1.29, 1.82) is 0 Å². The van der Waals surface area contributed by atoms with Crippen molar-refractivity contribution in [3.8, 4) is 11.1 Å². The molecule has 0 aromatic heterocycles. The van der Waals surface area contributed by atoms with Crippen molar-refractivity contribution < 1.29 is 0 Å². The maximum atomic E-state index is 2.47. The van der Waals surface area contributed by atoms with Crippen LogP contribution in [0.1, 0.15) is 0 Å². The standard InChI is InChI=1S/C22H18IN/c1-24(2)20-14-12-16-8-4-6-10-18(16)22(20)21-17-9-5-3-7-15(17)11-13-19(21)23/h3-14H,1-2H3. The molecule has 1 nitrogen and oxygen atoms in total. The predicted octanol–water partition coefficient (Wildman–Crippen LogP) is 6.33. The second kappa shape index (κ2) is 6.10. The Labute approximate surface area is 156 Å². The predicted molar refractivity (Wildman–Crippen MR) is 114 cm³/mol. The maximum absolute atomic E-state index is 2.47. The number of anilines is 1. The lowest BCUT2D eigenvalue weighted by atomic mass is 9.92. The Morgan fingerprint density at radius 1 is 0.625 bits per heavy atom. The molecule has 0 heterocycles. The summed E-state index contributed by atoms with van der Waals surface area (Å²) < 4.78 is 1.28. The lowest BCUT2D eigenvalue weighted by Gasteiger charge is -2.22. The van der Waals surface area contributed by atoms with E-state index in [0.29, 0.717) is 0 Å². The fourth-order valence-corrected chi connectivity index (χ4v) is 4.13. The number of fused-ring (bicyclic) bond motifs is 2. The van der Waals surface area contributed by atoms with Crippen molar-refractivity contribution in [2.75, 3.05) is 19.0 Å². The molecule has 0 saturated heterocycles. The summed E-state index contributed by atoms with van der Waals surface area (Å²) in [7, 11) is 4.23. The van der Waals surface area contributed by atoms with Crippen LogP contribution in [0.4, 0.5) is 5.69 Å². The van der Waals surface area contributed by atoms with E-state index in [1.54, 1.807) is 0 Å². The molecule has 24 heavy (non-hydrogen) atoms. The summed E-state index contributed by atoms with van der Waals surface area (Å²) in [4.78, 5) is 2.21. The fraction of sp³-hybridized carbons (Fsp3) is 0.0909. The molecule has 0 N–H and O–H groups in total. The van der Waals surface area contributed by atoms with Crippen LogP contribution < -0.4 is 4.90 Å². The molecular formula is C22H18IN. The highest BCUT2D eigenvalue weighted by molar-refractivity contribution is 14.1. The van der Waals surface area contributed by atoms with Crippen LogP contribution in [0.25, 0.3) is 32.7 Å². The van der Waals surface area contributed by atoms with E-state index in [0.717, 1.165) is 0 Å². The van der Waals surface area contributed by atoms with Gasteiger partial charge in [0.25, 0.3) is 0 Å². The lowest BCUT2D eigenvalue weighted by Crippen LogP contribution is -2.10. The minimum Gasteiger partial charge on any atom is -0.377 e. The van der Waals surface area contributed by atoms with Gasteiger partial charge in [-0.05, 0) is 56.3 Å². The van der Waals surface area contributed by atoms with Crippen molar-refractivity contribution in [2.24, 2.45) is 0 Å². The highest BCUT2D eigenvalue weighted by atomic mass is 127. The first kappa shape index (κ1) is 15.5. The van der Waals surface area contributed by atoms with Gasteiger partial charge in [-0.25, -0.2) is 0 Å². The number of benzene rings is 4. The molecule has 4 rings (SSSR count). The van der Waals surface area contributed by atoms with Gasteiger partial charge >= 0.3 is 0 Å². The molecule has 4 aromatic carbocycles. The molecule has 2 heteroatoms. The van der Waals surface area contributed by atoms with E-state index in [1.807, 2.05) is 0 Å². The summed E-state index contributed by atoms with van der Waals surface area (Å²) in [6.07, 6.45) is 0. The topological polar surface area (TPSA) is 3.24 Å². The molecule has 0 unspecified atom stereocenters. The monoisotopic (exact) mass is 423 g/mol. The van der Waals surface area contributed by atoms with E-state index >= 15 is 0 Å². The van der Waals surface area contributed by atoms with Crippen molar-refractivity contribution >= 4 is 49.8 Å². The first-order valence-electron chi connectivity index (χ1n) is 8.03. The molecule has 118 valence electrons. The smallest absolute Gasteiger partial charge is 0.0447 e. The number of hydrogen-bond acceptors (Lipinski definition) is 1. The van der Waals surface area contributed by atoms with Crippen LogP contribution in [0.3, 0.4) is 0 Å². The number of hydrogen-bond donors (Lipinski definition) is 0. The van der Waals surface area contributed by atoms with Crippen LogP contribution in [0.15, 0.2) is 72.8 Å². The SMILES string of the molecule is CN(C)c1ccc2ccccc2c1-c1c(I)ccc2ccccc12. The van der Waals surface area contributed by atoms with Crippen LogP contribution >= 0.6 is 22.6 Å². The largest absolute Gasteiger partial charge is 0.377 e. The fourth-order valence-electron chi connectivity index (χ4n) is 3.39. The van der Waals surface area contributed by atoms with Gasteiger partial charge in [-0.1, -0.05) is 60.7 Å². The third kappa shape index (κ3) is 2.46. The quantitative estimate of drug-likeness (QED) is 0.341. The van der Waals surface area contributed by atoms with Crippen molar-refractivity contribution in [1.82, 2.24) is 0 Å². The van der Waals surface area contributed by atoms with Gasteiger partial charge < -0.3 is 4.90 Å². The minimum atomic E-state index is 1.25. The summed E-state index contributed by atoms with van der Waals surface area (Å²) >= 11 is 2.47. The van der Waals surface area contributed by atoms with Crippen molar-refractivity contribution in [3.05, 3.63) is 76.4 Å². The molecule has 0 aliphatic heterocycles. The second-order valence-corrected chi connectivity index (χ2v) is 7.38. The zero-order valence-electron chi connectivity index (χ0n) is 13.8. The van der Waals surface area contributed by atoms with Gasteiger partial charge in [0.05, 0.1) is 0 Å². The molecule has 0 bridgehead atoms. The molecule has 0 spiro atoms. The molecule has 0 radical (unpaired) electrons. The van der Waals surface area contributed by atoms with Gasteiger partial charge in [0.2, 0.25) is 0 Å². The first-order valence-corrected chi connectivity index (χ1v) is 9.11. The summed E-state index contributed by atoms with van der Waals surface area (Å²) in [5.74, 6) is 0. The van der Waals surface area contributed by atoms with E-state index in [4.69, 9.17) is 0 Å². The van der Waals surface area contributed by atoms with Crippen molar-refractivity contribution in [3.63, 3.8) is 0 Å². The van der Waals surface area contributed by atoms with E-state index < -0.39 is 0 Å². The van der Waals surface area contributed by atoms with Gasteiger partial charge in [0.15, 0.2) is 0 Å². The van der Waals surface area contributed by atoms with Gasteiger partial charge in [-0.3, -0.25) is 0 Å². The minimum absolute atomic E-state index is 1.25. The summed E-state index contributed by atoms with van der Waals surface area (Å²) in [5.41, 5.74) is 3.90. The van der Waals surface area contributed by atoms with E-state index in [-0.39, 0.29) is 0 Å². The van der Waals surface area contributed by atoms with Gasteiger partial charge in [0, 0.05) is 34.5 Å². The van der Waals surface area contributed by atoms with Gasteiger partial charge in [-0.2, -0.15) is 0 Å². The molecule has 0 saturated carbocycles. The highest BCUT2D eigenvalue weighted by Crippen LogP contribution is 2.42. The average molecular weight is 423 g/mol. The number of halogens is 1. The zero-order valence-corrected chi connectivity index (χ0v) is 15.9. The molecule has 0 atom stereocenters. The Morgan fingerprint density at radius 3 is 1.79 bits per heavy atom. The Balaban J connectivity index is 2.21. The number of rotatable bonds is 2. The van der Waals surface area contributed by atoms with Crippen molar-refractivity contribution in [2.45, 2.75) is 0 Å². The Morgan fingerprint density at radius 2 is 1.17 bits per heavy atom. The van der Waals surface area contributed by atoms with Gasteiger partial charge in [0.1, 0.15) is 0 Å². The number of nitrogens with zero attached hydrogens (tertiary/aromatic N) is 1. The third-order valence-corrected chi connectivity index (χ3v) is 5.42. The van der Waals surface area contributed by atoms with E-state index in [1.165, 1.54) is 41.9 Å². The van der Waals surface area contributed by atoms with Crippen LogP contribution in [0, 0.1) is 3.57 Å². The van der Waals surface area contributed by atoms with E-state index in [2.05, 4.69) is 114 Å². The Hall–Kier alpha value is -2.07. The average Bonchev–Trinajstić information content (AvgIpc) is 2.61. The molecular weight excluding hydrogens is 405 g/mol. The van der Waals surface area contributed by atoms with Crippen LogP contribution in [-0.2, 0) is 0 Å². The molecule has 0 aliphatic carbocycles. The van der Waals surface area contributed by atoms with Crippen LogP contribution in [0.2, 0.25) is 0 Å². The van der Waals surface area contributed by atoms with Crippen LogP contribution in [0.5, 0.6) is 0 Å². The molecule has 0 amide bonds. The van der Waals surface area contributed by atoms with E-state index in [9.17, 15) is 0 Å². The second-order valence-electron chi connectivity index (χ2n) is 6.22. The normalized spacial score (nSPS) is 11.1. The zero-order chi connectivity index (χ0) is 16.7. The Bertz CT molecular complexity index is 1050. The summed E-state index contributed by atoms with van der Waals surface area (Å²) in [6, 6.07) is 26.2. The highest BCUT2D eigenvalue weighted by Gasteiger charge is 2.16. The lowest BCUT2D eigenvalue weighted by molar-refractivity contribution is 1.14. The first-order chi connectivity index (χ1) is 11.7. The summed E-state index contributed by atoms with van der Waals surface area (Å²) in [6.45, 7) is 0. The third-order valence-electron chi connectivity index (χ3n) is 4.52.